The Bertz CT molecular complexity index is 1120. The van der Waals surface area contributed by atoms with Crippen molar-refractivity contribution in [2.45, 2.75) is 6.92 Å². The second-order valence-electron chi connectivity index (χ2n) is 7.34. The van der Waals surface area contributed by atoms with Gasteiger partial charge in [-0.05, 0) is 60.5 Å². The van der Waals surface area contributed by atoms with Gasteiger partial charge in [0.05, 0.1) is 0 Å². The number of anilines is 1. The number of amides is 3. The first-order valence-corrected chi connectivity index (χ1v) is 9.58. The van der Waals surface area contributed by atoms with Crippen LogP contribution in [0, 0.1) is 6.92 Å². The van der Waals surface area contributed by atoms with E-state index in [4.69, 9.17) is 5.21 Å². The molecule has 0 unspecified atom stereocenters. The van der Waals surface area contributed by atoms with E-state index in [-0.39, 0.29) is 17.4 Å². The molecule has 0 aromatic heterocycles. The number of hydroxylamine groups is 1. The number of nitrogens with zero attached hydrogens (tertiary/aromatic N) is 1. The molecular weight excluding hydrogens is 394 g/mol. The summed E-state index contributed by atoms with van der Waals surface area (Å²) >= 11 is 0. The molecule has 3 aromatic carbocycles. The van der Waals surface area contributed by atoms with Gasteiger partial charge in [0.2, 0.25) is 0 Å². The molecular formula is C24H23N3O4. The summed E-state index contributed by atoms with van der Waals surface area (Å²) in [5.41, 5.74) is 5.63. The summed E-state index contributed by atoms with van der Waals surface area (Å²) in [5, 5.41) is 11.8. The van der Waals surface area contributed by atoms with Crippen molar-refractivity contribution in [3.05, 3.63) is 89.0 Å². The van der Waals surface area contributed by atoms with Crippen molar-refractivity contribution in [2.75, 3.05) is 19.4 Å². The molecule has 3 rings (SSSR count). The zero-order valence-electron chi connectivity index (χ0n) is 17.5. The highest BCUT2D eigenvalue weighted by Gasteiger charge is 2.13. The van der Waals surface area contributed by atoms with E-state index >= 15 is 0 Å². The number of carbonyl (C=O) groups excluding carboxylic acids is 3. The van der Waals surface area contributed by atoms with Crippen molar-refractivity contribution >= 4 is 23.4 Å². The van der Waals surface area contributed by atoms with E-state index in [0.29, 0.717) is 22.4 Å². The van der Waals surface area contributed by atoms with E-state index in [1.807, 2.05) is 19.1 Å². The number of hydrogen-bond acceptors (Lipinski definition) is 4. The summed E-state index contributed by atoms with van der Waals surface area (Å²) in [6, 6.07) is 18.8. The van der Waals surface area contributed by atoms with Gasteiger partial charge in [0.25, 0.3) is 17.7 Å². The van der Waals surface area contributed by atoms with E-state index < -0.39 is 5.91 Å². The summed E-state index contributed by atoms with van der Waals surface area (Å²) in [6.07, 6.45) is 0. The zero-order chi connectivity index (χ0) is 22.5. The lowest BCUT2D eigenvalue weighted by molar-refractivity contribution is 0.0706. The number of benzene rings is 3. The normalized spacial score (nSPS) is 10.3. The Kier molecular flexibility index (Phi) is 6.47. The van der Waals surface area contributed by atoms with E-state index in [9.17, 15) is 14.4 Å². The molecule has 0 fully saturated rings. The molecule has 3 N–H and O–H groups in total. The van der Waals surface area contributed by atoms with Crippen LogP contribution in [0.25, 0.3) is 11.1 Å². The fourth-order valence-corrected chi connectivity index (χ4v) is 3.03. The van der Waals surface area contributed by atoms with Gasteiger partial charge in [0, 0.05) is 36.5 Å². The SMILES string of the molecule is Cc1ccc(C(=O)Nc2cc(C(=O)NO)cc(-c3ccc(C(=O)N(C)C)cc3)c2)cc1. The maximum absolute atomic E-state index is 12.6. The van der Waals surface area contributed by atoms with Crippen LogP contribution in [-0.4, -0.2) is 41.9 Å². The molecule has 3 aromatic rings. The summed E-state index contributed by atoms with van der Waals surface area (Å²) in [5.74, 6) is -1.14. The largest absolute Gasteiger partial charge is 0.345 e. The monoisotopic (exact) mass is 417 g/mol. The predicted octanol–water partition coefficient (Wildman–Crippen LogP) is 3.74. The fourth-order valence-electron chi connectivity index (χ4n) is 3.03. The van der Waals surface area contributed by atoms with Gasteiger partial charge in [0.15, 0.2) is 0 Å². The second-order valence-corrected chi connectivity index (χ2v) is 7.34. The lowest BCUT2D eigenvalue weighted by Crippen LogP contribution is -2.21. The van der Waals surface area contributed by atoms with Crippen LogP contribution in [0.15, 0.2) is 66.7 Å². The summed E-state index contributed by atoms with van der Waals surface area (Å²) < 4.78 is 0. The molecule has 7 nitrogen and oxygen atoms in total. The van der Waals surface area contributed by atoms with Gasteiger partial charge >= 0.3 is 0 Å². The molecule has 0 atom stereocenters. The molecule has 0 bridgehead atoms. The Morgan fingerprint density at radius 2 is 1.35 bits per heavy atom. The van der Waals surface area contributed by atoms with Crippen LogP contribution >= 0.6 is 0 Å². The van der Waals surface area contributed by atoms with Gasteiger partial charge < -0.3 is 10.2 Å². The number of aryl methyl sites for hydroxylation is 1. The highest BCUT2D eigenvalue weighted by molar-refractivity contribution is 6.05. The fraction of sp³-hybridized carbons (Fsp3) is 0.125. The van der Waals surface area contributed by atoms with Crippen molar-refractivity contribution in [3.8, 4) is 11.1 Å². The van der Waals surface area contributed by atoms with Gasteiger partial charge in [-0.3, -0.25) is 19.6 Å². The third-order valence-electron chi connectivity index (χ3n) is 4.74. The topological polar surface area (TPSA) is 98.7 Å². The molecule has 0 aliphatic heterocycles. The minimum absolute atomic E-state index is 0.119. The molecule has 0 saturated carbocycles. The number of hydrogen-bond donors (Lipinski definition) is 3. The first kappa shape index (κ1) is 21.7. The van der Waals surface area contributed by atoms with Gasteiger partial charge in [-0.25, -0.2) is 5.48 Å². The van der Waals surface area contributed by atoms with Gasteiger partial charge in [-0.15, -0.1) is 0 Å². The van der Waals surface area contributed by atoms with Crippen LogP contribution < -0.4 is 10.8 Å². The molecule has 0 saturated heterocycles. The average molecular weight is 417 g/mol. The third kappa shape index (κ3) is 5.15. The first-order valence-electron chi connectivity index (χ1n) is 9.58. The average Bonchev–Trinajstić information content (AvgIpc) is 2.78. The van der Waals surface area contributed by atoms with Gasteiger partial charge in [0.1, 0.15) is 0 Å². The van der Waals surface area contributed by atoms with Crippen LogP contribution in [0.2, 0.25) is 0 Å². The van der Waals surface area contributed by atoms with Crippen molar-refractivity contribution in [2.24, 2.45) is 0 Å². The van der Waals surface area contributed by atoms with Gasteiger partial charge in [-0.1, -0.05) is 29.8 Å². The van der Waals surface area contributed by atoms with Crippen molar-refractivity contribution in [1.82, 2.24) is 10.4 Å². The maximum Gasteiger partial charge on any atom is 0.274 e. The summed E-state index contributed by atoms with van der Waals surface area (Å²) in [6.45, 7) is 1.93. The minimum Gasteiger partial charge on any atom is -0.345 e. The Labute approximate surface area is 180 Å². The van der Waals surface area contributed by atoms with Crippen LogP contribution in [0.1, 0.15) is 36.6 Å². The smallest absolute Gasteiger partial charge is 0.274 e. The highest BCUT2D eigenvalue weighted by Crippen LogP contribution is 2.26. The van der Waals surface area contributed by atoms with Crippen LogP contribution in [0.5, 0.6) is 0 Å². The minimum atomic E-state index is -0.702. The highest BCUT2D eigenvalue weighted by atomic mass is 16.5. The second kappa shape index (κ2) is 9.23. The summed E-state index contributed by atoms with van der Waals surface area (Å²) in [4.78, 5) is 38.2. The molecule has 0 spiro atoms. The number of carbonyl (C=O) groups is 3. The predicted molar refractivity (Wildman–Crippen MR) is 118 cm³/mol. The van der Waals surface area contributed by atoms with E-state index in [1.165, 1.54) is 11.0 Å². The van der Waals surface area contributed by atoms with Crippen molar-refractivity contribution in [3.63, 3.8) is 0 Å². The van der Waals surface area contributed by atoms with E-state index in [1.54, 1.807) is 68.1 Å². The quantitative estimate of drug-likeness (QED) is 0.435. The Morgan fingerprint density at radius 1 is 0.742 bits per heavy atom. The molecule has 158 valence electrons. The van der Waals surface area contributed by atoms with Crippen molar-refractivity contribution < 1.29 is 19.6 Å². The number of rotatable bonds is 5. The van der Waals surface area contributed by atoms with Crippen LogP contribution in [0.4, 0.5) is 5.69 Å². The standard InChI is InChI=1S/C24H23N3O4/c1-15-4-6-17(7-5-15)22(28)25-21-13-19(12-20(14-21)23(29)26-31)16-8-10-18(11-9-16)24(30)27(2)3/h4-14,31H,1-3H3,(H,25,28)(H,26,29). The van der Waals surface area contributed by atoms with Crippen molar-refractivity contribution in [1.29, 1.82) is 0 Å². The number of nitrogens with one attached hydrogen (secondary N) is 2. The lowest BCUT2D eigenvalue weighted by Gasteiger charge is -2.13. The third-order valence-corrected chi connectivity index (χ3v) is 4.74. The first-order chi connectivity index (χ1) is 14.8. The Morgan fingerprint density at radius 3 is 1.94 bits per heavy atom. The van der Waals surface area contributed by atoms with E-state index in [0.717, 1.165) is 11.1 Å². The Balaban J connectivity index is 1.95. The summed E-state index contributed by atoms with van der Waals surface area (Å²) in [7, 11) is 3.35. The van der Waals surface area contributed by atoms with Gasteiger partial charge in [-0.2, -0.15) is 0 Å². The molecule has 7 heteroatoms. The molecule has 0 aliphatic rings. The van der Waals surface area contributed by atoms with E-state index in [2.05, 4.69) is 5.32 Å². The molecule has 31 heavy (non-hydrogen) atoms. The molecule has 0 radical (unpaired) electrons. The van der Waals surface area contributed by atoms with Crippen LogP contribution in [0.3, 0.4) is 0 Å². The Hall–Kier alpha value is -3.97. The maximum atomic E-state index is 12.6. The zero-order valence-corrected chi connectivity index (χ0v) is 17.5. The molecule has 0 heterocycles. The molecule has 0 aliphatic carbocycles. The molecule has 3 amide bonds. The van der Waals surface area contributed by atoms with Crippen LogP contribution in [-0.2, 0) is 0 Å². The lowest BCUT2D eigenvalue weighted by atomic mass is 10.00.